The molecule has 3 aliphatic heterocycles. The van der Waals surface area contributed by atoms with Gasteiger partial charge in [-0.1, -0.05) is 60.7 Å². The van der Waals surface area contributed by atoms with Crippen molar-refractivity contribution in [1.82, 2.24) is 9.80 Å². The number of hydrogen-bond acceptors (Lipinski definition) is 4. The highest BCUT2D eigenvalue weighted by Crippen LogP contribution is 2.50. The molecule has 7 nitrogen and oxygen atoms in total. The number of carbonyl (C=O) groups excluding carboxylic acids is 3. The minimum absolute atomic E-state index is 0.148. The van der Waals surface area contributed by atoms with Crippen molar-refractivity contribution in [3.8, 4) is 0 Å². The van der Waals surface area contributed by atoms with Crippen LogP contribution in [0.5, 0.6) is 0 Å². The van der Waals surface area contributed by atoms with Crippen molar-refractivity contribution >= 4 is 23.6 Å². The minimum atomic E-state index is -1.17. The quantitative estimate of drug-likeness (QED) is 0.344. The number of amides is 3. The Morgan fingerprint density at radius 2 is 1.56 bits per heavy atom. The Kier molecular flexibility index (Phi) is 5.85. The molecule has 2 saturated heterocycles. The van der Waals surface area contributed by atoms with Crippen molar-refractivity contribution in [3.05, 3.63) is 137 Å². The summed E-state index contributed by atoms with van der Waals surface area (Å²) in [6, 6.07) is 30.0. The monoisotopic (exact) mass is 547 g/mol. The maximum Gasteiger partial charge on any atom is 0.414 e. The molecule has 4 aromatic carbocycles. The molecule has 3 heterocycles. The highest BCUT2D eigenvalue weighted by molar-refractivity contribution is 6.04. The first kappa shape index (κ1) is 25.0. The second-order valence-electron chi connectivity index (χ2n) is 10.5. The molecule has 2 fully saturated rings. The number of hydrogen-bond donors (Lipinski definition) is 0. The lowest BCUT2D eigenvalue weighted by molar-refractivity contribution is 0.0375. The van der Waals surface area contributed by atoms with Crippen molar-refractivity contribution in [2.45, 2.75) is 18.1 Å². The van der Waals surface area contributed by atoms with Gasteiger partial charge in [-0.25, -0.2) is 9.18 Å². The van der Waals surface area contributed by atoms with E-state index in [0.29, 0.717) is 41.9 Å². The average molecular weight is 548 g/mol. The molecular formula is C33H26FN3O4. The van der Waals surface area contributed by atoms with Crippen LogP contribution in [-0.2, 0) is 16.8 Å². The number of rotatable bonds is 5. The van der Waals surface area contributed by atoms with Crippen molar-refractivity contribution in [3.63, 3.8) is 0 Å². The first-order valence-corrected chi connectivity index (χ1v) is 13.6. The van der Waals surface area contributed by atoms with Crippen molar-refractivity contribution in [2.24, 2.45) is 0 Å². The van der Waals surface area contributed by atoms with E-state index in [0.717, 1.165) is 11.1 Å². The van der Waals surface area contributed by atoms with Crippen molar-refractivity contribution in [2.75, 3.05) is 24.6 Å². The summed E-state index contributed by atoms with van der Waals surface area (Å²) in [7, 11) is 0. The second-order valence-corrected chi connectivity index (χ2v) is 10.5. The zero-order valence-corrected chi connectivity index (χ0v) is 22.1. The van der Waals surface area contributed by atoms with Crippen LogP contribution in [0.3, 0.4) is 0 Å². The Balaban J connectivity index is 1.30. The van der Waals surface area contributed by atoms with Crippen LogP contribution in [-0.4, -0.2) is 53.4 Å². The molecule has 0 aliphatic carbocycles. The Morgan fingerprint density at radius 3 is 2.32 bits per heavy atom. The fourth-order valence-electron chi connectivity index (χ4n) is 6.46. The predicted octanol–water partition coefficient (Wildman–Crippen LogP) is 5.21. The number of benzene rings is 4. The highest BCUT2D eigenvalue weighted by Gasteiger charge is 2.59. The fourth-order valence-corrected chi connectivity index (χ4v) is 6.46. The molecule has 0 bridgehead atoms. The highest BCUT2D eigenvalue weighted by atomic mass is 19.1. The van der Waals surface area contributed by atoms with Gasteiger partial charge in [-0.3, -0.25) is 14.5 Å². The van der Waals surface area contributed by atoms with Crippen LogP contribution < -0.4 is 4.90 Å². The summed E-state index contributed by atoms with van der Waals surface area (Å²) in [6.07, 6.45) is 0.238. The van der Waals surface area contributed by atoms with E-state index in [9.17, 15) is 18.8 Å². The molecular weight excluding hydrogens is 521 g/mol. The molecule has 2 atom stereocenters. The van der Waals surface area contributed by atoms with E-state index in [2.05, 4.69) is 0 Å². The van der Waals surface area contributed by atoms with E-state index in [1.54, 1.807) is 20.8 Å². The summed E-state index contributed by atoms with van der Waals surface area (Å²) >= 11 is 0. The van der Waals surface area contributed by atoms with Crippen molar-refractivity contribution < 1.29 is 23.5 Å². The van der Waals surface area contributed by atoms with Gasteiger partial charge in [0.25, 0.3) is 11.8 Å². The molecule has 0 N–H and O–H groups in total. The van der Waals surface area contributed by atoms with E-state index in [1.807, 2.05) is 72.8 Å². The summed E-state index contributed by atoms with van der Waals surface area (Å²) in [6.45, 7) is 0.949. The van der Waals surface area contributed by atoms with Gasteiger partial charge in [0.15, 0.2) is 5.66 Å². The molecule has 0 radical (unpaired) electrons. The maximum absolute atomic E-state index is 13.9. The van der Waals surface area contributed by atoms with E-state index < -0.39 is 17.6 Å². The third kappa shape index (κ3) is 3.82. The standard InChI is InChI=1S/C33H26FN3O4/c34-25-14-10-23(11-15-25)30(38)35-18-19-36-31(39)28-8-4-5-9-29(28)33(35,36)24-12-16-26(17-13-24)37-27(21-41-32(37)40)20-22-6-2-1-3-7-22/h1-17,27H,18-21H2. The van der Waals surface area contributed by atoms with Gasteiger partial charge in [0.2, 0.25) is 0 Å². The van der Waals surface area contributed by atoms with Gasteiger partial charge in [-0.2, -0.15) is 0 Å². The number of anilines is 1. The first-order chi connectivity index (χ1) is 20.0. The molecule has 4 aromatic rings. The zero-order chi connectivity index (χ0) is 28.1. The first-order valence-electron chi connectivity index (χ1n) is 13.6. The maximum atomic E-state index is 13.9. The predicted molar refractivity (Wildman–Crippen MR) is 150 cm³/mol. The zero-order valence-electron chi connectivity index (χ0n) is 22.1. The lowest BCUT2D eigenvalue weighted by Crippen LogP contribution is -2.51. The Morgan fingerprint density at radius 1 is 0.854 bits per heavy atom. The summed E-state index contributed by atoms with van der Waals surface area (Å²) < 4.78 is 19.1. The second kappa shape index (κ2) is 9.59. The summed E-state index contributed by atoms with van der Waals surface area (Å²) in [5.74, 6) is -0.875. The van der Waals surface area contributed by atoms with Gasteiger partial charge in [0.1, 0.15) is 12.4 Å². The number of nitrogens with zero attached hydrogens (tertiary/aromatic N) is 3. The normalized spacial score (nSPS) is 21.2. The van der Waals surface area contributed by atoms with Crippen LogP contribution in [0.1, 0.15) is 37.4 Å². The molecule has 0 saturated carbocycles. The van der Waals surface area contributed by atoms with Gasteiger partial charge in [-0.05, 0) is 54.4 Å². The van der Waals surface area contributed by atoms with Gasteiger partial charge in [0, 0.05) is 41.0 Å². The Hall–Kier alpha value is -4.98. The third-order valence-electron chi connectivity index (χ3n) is 8.27. The number of halogens is 1. The van der Waals surface area contributed by atoms with E-state index >= 15 is 0 Å². The molecule has 41 heavy (non-hydrogen) atoms. The van der Waals surface area contributed by atoms with E-state index in [4.69, 9.17) is 4.74 Å². The van der Waals surface area contributed by atoms with E-state index in [-0.39, 0.29) is 24.5 Å². The SMILES string of the molecule is O=C1OCC(Cc2ccccc2)N1c1ccc(C23c4ccccc4C(=O)N2CCN3C(=O)c2ccc(F)cc2)cc1. The molecule has 7 rings (SSSR count). The molecule has 2 unspecified atom stereocenters. The summed E-state index contributed by atoms with van der Waals surface area (Å²) in [4.78, 5) is 45.4. The van der Waals surface area contributed by atoms with Gasteiger partial charge in [-0.15, -0.1) is 0 Å². The number of fused-ring (bicyclic) bond motifs is 3. The number of ether oxygens (including phenoxy) is 1. The molecule has 0 spiro atoms. The van der Waals surface area contributed by atoms with Crippen molar-refractivity contribution in [1.29, 1.82) is 0 Å². The molecule has 0 aromatic heterocycles. The summed E-state index contributed by atoms with van der Waals surface area (Å²) in [5.41, 5.74) is 2.92. The lowest BCUT2D eigenvalue weighted by Gasteiger charge is -2.40. The fraction of sp³-hybridized carbons (Fsp3) is 0.182. The van der Waals surface area contributed by atoms with Gasteiger partial charge in [0.05, 0.1) is 6.04 Å². The lowest BCUT2D eigenvalue weighted by atomic mass is 9.89. The number of carbonyl (C=O) groups is 3. The van der Waals surface area contributed by atoms with Crippen LogP contribution in [0.4, 0.5) is 14.9 Å². The average Bonchev–Trinajstić information content (AvgIpc) is 3.65. The smallest absolute Gasteiger partial charge is 0.414 e. The van der Waals surface area contributed by atoms with Crippen LogP contribution in [0.25, 0.3) is 0 Å². The molecule has 3 amide bonds. The van der Waals surface area contributed by atoms with E-state index in [1.165, 1.54) is 24.3 Å². The largest absolute Gasteiger partial charge is 0.447 e. The third-order valence-corrected chi connectivity index (χ3v) is 8.27. The number of cyclic esters (lactones) is 1. The Labute approximate surface area is 236 Å². The van der Waals surface area contributed by atoms with Gasteiger partial charge < -0.3 is 14.5 Å². The van der Waals surface area contributed by atoms with Crippen LogP contribution in [0.15, 0.2) is 103 Å². The topological polar surface area (TPSA) is 70.2 Å². The molecule has 3 aliphatic rings. The molecule has 204 valence electrons. The molecule has 8 heteroatoms. The Bertz CT molecular complexity index is 1660. The van der Waals surface area contributed by atoms with Crippen LogP contribution >= 0.6 is 0 Å². The minimum Gasteiger partial charge on any atom is -0.447 e. The summed E-state index contributed by atoms with van der Waals surface area (Å²) in [5, 5.41) is 0. The van der Waals surface area contributed by atoms with Gasteiger partial charge >= 0.3 is 6.09 Å². The van der Waals surface area contributed by atoms with Crippen LogP contribution in [0, 0.1) is 5.82 Å². The van der Waals surface area contributed by atoms with Crippen LogP contribution in [0.2, 0.25) is 0 Å².